The first-order chi connectivity index (χ1) is 26.3. The monoisotopic (exact) mass is 692 g/mol. The molecule has 0 unspecified atom stereocenters. The lowest BCUT2D eigenvalue weighted by atomic mass is 9.98. The molecule has 0 amide bonds. The molecule has 0 N–H and O–H groups in total. The smallest absolute Gasteiger partial charge is 0.0640 e. The van der Waals surface area contributed by atoms with Gasteiger partial charge in [-0.1, -0.05) is 133 Å². The fraction of sp³-hybridized carbons (Fsp3) is 0. The summed E-state index contributed by atoms with van der Waals surface area (Å²) >= 11 is 1.87. The van der Waals surface area contributed by atoms with E-state index in [9.17, 15) is 0 Å². The van der Waals surface area contributed by atoms with Crippen LogP contribution in [-0.4, -0.2) is 4.57 Å². The lowest BCUT2D eigenvalue weighted by Crippen LogP contribution is -2.10. The van der Waals surface area contributed by atoms with Crippen molar-refractivity contribution in [3.63, 3.8) is 0 Å². The summed E-state index contributed by atoms with van der Waals surface area (Å²) in [5.74, 6) is 0. The topological polar surface area (TPSA) is 8.17 Å². The van der Waals surface area contributed by atoms with E-state index in [1.165, 1.54) is 80.3 Å². The van der Waals surface area contributed by atoms with Gasteiger partial charge in [0.05, 0.1) is 27.1 Å². The molecular formula is C50H32N2S. The van der Waals surface area contributed by atoms with Gasteiger partial charge in [0, 0.05) is 43.0 Å². The molecule has 0 spiro atoms. The molecule has 0 aliphatic carbocycles. The van der Waals surface area contributed by atoms with Crippen LogP contribution in [0.15, 0.2) is 194 Å². The van der Waals surface area contributed by atoms with E-state index in [0.717, 1.165) is 17.1 Å². The van der Waals surface area contributed by atoms with E-state index in [1.807, 2.05) is 11.3 Å². The Labute approximate surface area is 311 Å². The highest BCUT2D eigenvalue weighted by Crippen LogP contribution is 2.50. The van der Waals surface area contributed by atoms with E-state index in [-0.39, 0.29) is 0 Å². The van der Waals surface area contributed by atoms with Crippen LogP contribution in [0.4, 0.5) is 17.1 Å². The normalized spacial score (nSPS) is 11.8. The van der Waals surface area contributed by atoms with Crippen molar-refractivity contribution in [1.29, 1.82) is 0 Å². The van der Waals surface area contributed by atoms with Crippen LogP contribution < -0.4 is 4.90 Å². The van der Waals surface area contributed by atoms with Gasteiger partial charge in [-0.25, -0.2) is 0 Å². The molecule has 0 saturated carbocycles. The van der Waals surface area contributed by atoms with Gasteiger partial charge in [-0.05, 0) is 87.9 Å². The van der Waals surface area contributed by atoms with E-state index in [0.29, 0.717) is 0 Å². The maximum atomic E-state index is 2.50. The summed E-state index contributed by atoms with van der Waals surface area (Å²) in [5.41, 5.74) is 9.41. The summed E-state index contributed by atoms with van der Waals surface area (Å²) < 4.78 is 5.05. The summed E-state index contributed by atoms with van der Waals surface area (Å²) in [6, 6.07) is 71.0. The Morgan fingerprint density at radius 1 is 0.415 bits per heavy atom. The third-order valence-electron chi connectivity index (χ3n) is 10.7. The van der Waals surface area contributed by atoms with E-state index >= 15 is 0 Å². The maximum absolute atomic E-state index is 2.50. The molecule has 0 aliphatic rings. The highest BCUT2D eigenvalue weighted by atomic mass is 32.1. The molecule has 0 bridgehead atoms. The van der Waals surface area contributed by atoms with Crippen molar-refractivity contribution in [2.24, 2.45) is 0 Å². The van der Waals surface area contributed by atoms with Crippen molar-refractivity contribution in [3.8, 4) is 16.8 Å². The molecule has 11 rings (SSSR count). The molecule has 0 fully saturated rings. The number of thiophene rings is 1. The largest absolute Gasteiger partial charge is 0.309 e. The zero-order chi connectivity index (χ0) is 34.9. The minimum absolute atomic E-state index is 1.13. The van der Waals surface area contributed by atoms with Gasteiger partial charge in [0.25, 0.3) is 0 Å². The zero-order valence-corrected chi connectivity index (χ0v) is 29.6. The second-order valence-corrected chi connectivity index (χ2v) is 14.8. The molecule has 3 heteroatoms. The first-order valence-electron chi connectivity index (χ1n) is 18.1. The first kappa shape index (κ1) is 30.0. The molecule has 248 valence electrons. The van der Waals surface area contributed by atoms with Crippen LogP contribution in [0.1, 0.15) is 0 Å². The van der Waals surface area contributed by atoms with Crippen LogP contribution in [0, 0.1) is 0 Å². The van der Waals surface area contributed by atoms with Crippen LogP contribution in [0.2, 0.25) is 0 Å². The van der Waals surface area contributed by atoms with E-state index < -0.39 is 0 Å². The van der Waals surface area contributed by atoms with Gasteiger partial charge in [0.15, 0.2) is 0 Å². The third kappa shape index (κ3) is 4.71. The van der Waals surface area contributed by atoms with Crippen molar-refractivity contribution in [2.45, 2.75) is 0 Å². The van der Waals surface area contributed by atoms with Crippen molar-refractivity contribution in [2.75, 3.05) is 4.90 Å². The van der Waals surface area contributed by atoms with Crippen molar-refractivity contribution >= 4 is 91.9 Å². The SMILES string of the molecule is c1ccc(N(c2cccc3c2sc2ccccc23)c2cc3ccccc3c3c2c2cc(-c4ccc5ccccc5c4)ccc2n3-c2ccccc2)cc1. The molecule has 0 atom stereocenters. The number of para-hydroxylation sites is 2. The summed E-state index contributed by atoms with van der Waals surface area (Å²) in [6.07, 6.45) is 0. The number of hydrogen-bond acceptors (Lipinski definition) is 2. The molecule has 2 aromatic heterocycles. The Balaban J connectivity index is 1.30. The standard InChI is InChI=1S/C50H32N2S/c1-3-17-38(18-4-1)51(45-24-13-23-42-41-22-11-12-25-47(41)53-50(42)45)46-32-37-16-9-10-21-40(37)49-48(46)43-31-36(35-27-26-33-14-7-8-15-34(33)30-35)28-29-44(43)52(49)39-19-5-2-6-20-39/h1-32H. The average molecular weight is 693 g/mol. The van der Waals surface area contributed by atoms with Crippen LogP contribution in [0.5, 0.6) is 0 Å². The van der Waals surface area contributed by atoms with Gasteiger partial charge < -0.3 is 9.47 Å². The highest BCUT2D eigenvalue weighted by molar-refractivity contribution is 7.26. The summed E-state index contributed by atoms with van der Waals surface area (Å²) in [4.78, 5) is 2.50. The van der Waals surface area contributed by atoms with Crippen LogP contribution in [-0.2, 0) is 0 Å². The Kier molecular flexibility index (Phi) is 6.76. The molecule has 0 radical (unpaired) electrons. The van der Waals surface area contributed by atoms with Gasteiger partial charge in [-0.15, -0.1) is 11.3 Å². The predicted octanol–water partition coefficient (Wildman–Crippen LogP) is 14.6. The number of rotatable bonds is 5. The number of nitrogens with zero attached hydrogens (tertiary/aromatic N) is 2. The summed E-state index contributed by atoms with van der Waals surface area (Å²) in [5, 5.41) is 9.96. The molecule has 53 heavy (non-hydrogen) atoms. The Morgan fingerprint density at radius 2 is 1.08 bits per heavy atom. The van der Waals surface area contributed by atoms with Gasteiger partial charge in [0.1, 0.15) is 0 Å². The molecule has 2 heterocycles. The van der Waals surface area contributed by atoms with Crippen molar-refractivity contribution in [1.82, 2.24) is 4.57 Å². The summed E-state index contributed by atoms with van der Waals surface area (Å²) in [7, 11) is 0. The van der Waals surface area contributed by atoms with E-state index in [4.69, 9.17) is 0 Å². The zero-order valence-electron chi connectivity index (χ0n) is 28.8. The Morgan fingerprint density at radius 3 is 1.92 bits per heavy atom. The van der Waals surface area contributed by atoms with Gasteiger partial charge >= 0.3 is 0 Å². The molecule has 2 nitrogen and oxygen atoms in total. The van der Waals surface area contributed by atoms with Gasteiger partial charge in [-0.3, -0.25) is 0 Å². The molecule has 0 aliphatic heterocycles. The highest BCUT2D eigenvalue weighted by Gasteiger charge is 2.25. The molecule has 0 saturated heterocycles. The second kappa shape index (κ2) is 11.9. The number of hydrogen-bond donors (Lipinski definition) is 0. The number of anilines is 3. The maximum Gasteiger partial charge on any atom is 0.0640 e. The van der Waals surface area contributed by atoms with Crippen LogP contribution in [0.25, 0.3) is 80.3 Å². The minimum Gasteiger partial charge on any atom is -0.309 e. The molecule has 9 aromatic carbocycles. The predicted molar refractivity (Wildman–Crippen MR) is 229 cm³/mol. The summed E-state index contributed by atoms with van der Waals surface area (Å²) in [6.45, 7) is 0. The number of aromatic nitrogens is 1. The fourth-order valence-corrected chi connectivity index (χ4v) is 9.53. The van der Waals surface area contributed by atoms with Crippen molar-refractivity contribution in [3.05, 3.63) is 194 Å². The number of benzene rings is 9. The molecule has 11 aromatic rings. The number of fused-ring (bicyclic) bond motifs is 9. The first-order valence-corrected chi connectivity index (χ1v) is 18.9. The van der Waals surface area contributed by atoms with Gasteiger partial charge in [-0.2, -0.15) is 0 Å². The second-order valence-electron chi connectivity index (χ2n) is 13.7. The minimum atomic E-state index is 1.13. The Hall–Kier alpha value is -6.68. The van der Waals surface area contributed by atoms with Gasteiger partial charge in [0.2, 0.25) is 0 Å². The van der Waals surface area contributed by atoms with E-state index in [2.05, 4.69) is 204 Å². The van der Waals surface area contributed by atoms with E-state index in [1.54, 1.807) is 0 Å². The Bertz CT molecular complexity index is 3170. The fourth-order valence-electron chi connectivity index (χ4n) is 8.33. The van der Waals surface area contributed by atoms with Crippen LogP contribution >= 0.6 is 11.3 Å². The average Bonchev–Trinajstić information content (AvgIpc) is 3.78. The lowest BCUT2D eigenvalue weighted by Gasteiger charge is -2.27. The van der Waals surface area contributed by atoms with Crippen LogP contribution in [0.3, 0.4) is 0 Å². The lowest BCUT2D eigenvalue weighted by molar-refractivity contribution is 1.19. The molecular weight excluding hydrogens is 661 g/mol. The van der Waals surface area contributed by atoms with Crippen molar-refractivity contribution < 1.29 is 0 Å². The third-order valence-corrected chi connectivity index (χ3v) is 11.9. The quantitative estimate of drug-likeness (QED) is 0.174.